The molecule has 0 aromatic heterocycles. The van der Waals surface area contributed by atoms with Gasteiger partial charge < -0.3 is 5.73 Å². The van der Waals surface area contributed by atoms with Crippen molar-refractivity contribution in [1.29, 1.82) is 0 Å². The number of halogens is 4. The molecule has 0 heterocycles. The second-order valence-electron chi connectivity index (χ2n) is 3.04. The summed E-state index contributed by atoms with van der Waals surface area (Å²) < 4.78 is 37.2. The lowest BCUT2D eigenvalue weighted by Gasteiger charge is -2.17. The van der Waals surface area contributed by atoms with E-state index in [2.05, 4.69) is 15.9 Å². The van der Waals surface area contributed by atoms with Crippen molar-refractivity contribution < 1.29 is 13.2 Å². The molecule has 0 saturated carbocycles. The number of hydrogen-bond donors (Lipinski definition) is 1. The first kappa shape index (κ1) is 11.5. The van der Waals surface area contributed by atoms with Gasteiger partial charge in [0, 0.05) is 4.47 Å². The van der Waals surface area contributed by atoms with Crippen LogP contribution in [-0.2, 0) is 0 Å². The minimum absolute atomic E-state index is 0.0584. The Balaban J connectivity index is 3.08. The molecule has 1 nitrogen and oxygen atoms in total. The van der Waals surface area contributed by atoms with Crippen LogP contribution in [0.2, 0.25) is 0 Å². The average Bonchev–Trinajstić information content (AvgIpc) is 2.01. The first-order chi connectivity index (χ1) is 6.32. The van der Waals surface area contributed by atoms with Gasteiger partial charge in [-0.3, -0.25) is 0 Å². The highest BCUT2D eigenvalue weighted by Crippen LogP contribution is 2.34. The van der Waals surface area contributed by atoms with Gasteiger partial charge in [0.15, 0.2) is 0 Å². The van der Waals surface area contributed by atoms with Crippen LogP contribution in [-0.4, -0.2) is 6.18 Å². The molecule has 0 unspecified atom stereocenters. The van der Waals surface area contributed by atoms with Crippen LogP contribution in [0.3, 0.4) is 0 Å². The van der Waals surface area contributed by atoms with Crippen LogP contribution in [0, 0.1) is 6.92 Å². The Morgan fingerprint density at radius 3 is 2.36 bits per heavy atom. The zero-order chi connectivity index (χ0) is 10.9. The van der Waals surface area contributed by atoms with E-state index in [4.69, 9.17) is 5.73 Å². The van der Waals surface area contributed by atoms with Crippen molar-refractivity contribution >= 4 is 15.9 Å². The Kier molecular flexibility index (Phi) is 3.21. The lowest BCUT2D eigenvalue weighted by Crippen LogP contribution is -2.28. The van der Waals surface area contributed by atoms with Crippen molar-refractivity contribution in [3.63, 3.8) is 0 Å². The third kappa shape index (κ3) is 2.48. The summed E-state index contributed by atoms with van der Waals surface area (Å²) in [6.45, 7) is 1.80. The molecule has 2 N–H and O–H groups in total. The number of benzene rings is 1. The molecule has 0 radical (unpaired) electrons. The van der Waals surface area contributed by atoms with Crippen molar-refractivity contribution in [2.24, 2.45) is 5.73 Å². The van der Waals surface area contributed by atoms with Gasteiger partial charge in [-0.05, 0) is 24.1 Å². The normalized spacial score (nSPS) is 14.1. The summed E-state index contributed by atoms with van der Waals surface area (Å²) >= 11 is 3.06. The maximum Gasteiger partial charge on any atom is 0.407 e. The van der Waals surface area contributed by atoms with E-state index in [1.54, 1.807) is 19.1 Å². The SMILES string of the molecule is Cc1ccc([C@H](N)C(F)(F)F)c(Br)c1. The Morgan fingerprint density at radius 1 is 1.36 bits per heavy atom. The number of rotatable bonds is 1. The minimum Gasteiger partial charge on any atom is -0.316 e. The van der Waals surface area contributed by atoms with Gasteiger partial charge in [-0.25, -0.2) is 0 Å². The second kappa shape index (κ2) is 3.90. The van der Waals surface area contributed by atoms with E-state index in [0.29, 0.717) is 4.47 Å². The van der Waals surface area contributed by atoms with Gasteiger partial charge in [-0.15, -0.1) is 0 Å². The highest BCUT2D eigenvalue weighted by Gasteiger charge is 2.38. The molecule has 0 saturated heterocycles. The summed E-state index contributed by atoms with van der Waals surface area (Å²) in [7, 11) is 0. The highest BCUT2D eigenvalue weighted by atomic mass is 79.9. The summed E-state index contributed by atoms with van der Waals surface area (Å²) in [6.07, 6.45) is -4.40. The Labute approximate surface area is 88.2 Å². The Hall–Kier alpha value is -0.550. The van der Waals surface area contributed by atoms with Crippen molar-refractivity contribution in [2.45, 2.75) is 19.1 Å². The molecule has 0 aliphatic carbocycles. The smallest absolute Gasteiger partial charge is 0.316 e. The van der Waals surface area contributed by atoms with E-state index in [9.17, 15) is 13.2 Å². The fourth-order valence-electron chi connectivity index (χ4n) is 1.06. The maximum atomic E-state index is 12.3. The fourth-order valence-corrected chi connectivity index (χ4v) is 1.80. The monoisotopic (exact) mass is 267 g/mol. The first-order valence-corrected chi connectivity index (χ1v) is 4.70. The van der Waals surface area contributed by atoms with E-state index in [0.717, 1.165) is 5.56 Å². The molecule has 0 bridgehead atoms. The summed E-state index contributed by atoms with van der Waals surface area (Å²) in [5.74, 6) is 0. The van der Waals surface area contributed by atoms with Gasteiger partial charge in [-0.1, -0.05) is 28.1 Å². The number of nitrogens with two attached hydrogens (primary N) is 1. The molecular weight excluding hydrogens is 259 g/mol. The van der Waals surface area contributed by atoms with Crippen LogP contribution in [0.15, 0.2) is 22.7 Å². The quantitative estimate of drug-likeness (QED) is 0.830. The third-order valence-corrected chi connectivity index (χ3v) is 2.53. The molecule has 0 aliphatic heterocycles. The lowest BCUT2D eigenvalue weighted by atomic mass is 10.1. The van der Waals surface area contributed by atoms with Crippen molar-refractivity contribution in [3.8, 4) is 0 Å². The second-order valence-corrected chi connectivity index (χ2v) is 3.90. The fraction of sp³-hybridized carbons (Fsp3) is 0.333. The molecule has 5 heteroatoms. The van der Waals surface area contributed by atoms with Gasteiger partial charge in [0.25, 0.3) is 0 Å². The summed E-state index contributed by atoms with van der Waals surface area (Å²) in [5, 5.41) is 0. The van der Waals surface area contributed by atoms with Gasteiger partial charge in [0.05, 0.1) is 0 Å². The van der Waals surface area contributed by atoms with Crippen molar-refractivity contribution in [2.75, 3.05) is 0 Å². The van der Waals surface area contributed by atoms with Crippen LogP contribution < -0.4 is 5.73 Å². The van der Waals surface area contributed by atoms with Crippen LogP contribution in [0.4, 0.5) is 13.2 Å². The van der Waals surface area contributed by atoms with Crippen molar-refractivity contribution in [3.05, 3.63) is 33.8 Å². The van der Waals surface area contributed by atoms with Crippen molar-refractivity contribution in [1.82, 2.24) is 0 Å². The van der Waals surface area contributed by atoms with Gasteiger partial charge in [0.2, 0.25) is 0 Å². The Morgan fingerprint density at radius 2 is 1.93 bits per heavy atom. The zero-order valence-electron chi connectivity index (χ0n) is 7.40. The number of alkyl halides is 3. The standard InChI is InChI=1S/C9H9BrF3N/c1-5-2-3-6(7(10)4-5)8(14)9(11,12)13/h2-4,8H,14H2,1H3/t8-/m0/s1. The Bertz CT molecular complexity index is 335. The zero-order valence-corrected chi connectivity index (χ0v) is 8.98. The van der Waals surface area contributed by atoms with Gasteiger partial charge >= 0.3 is 6.18 Å². The topological polar surface area (TPSA) is 26.0 Å². The average molecular weight is 268 g/mol. The highest BCUT2D eigenvalue weighted by molar-refractivity contribution is 9.10. The van der Waals surface area contributed by atoms with E-state index < -0.39 is 12.2 Å². The molecule has 1 aromatic carbocycles. The first-order valence-electron chi connectivity index (χ1n) is 3.90. The van der Waals surface area contributed by atoms with E-state index in [1.165, 1.54) is 6.07 Å². The molecule has 1 rings (SSSR count). The van der Waals surface area contributed by atoms with Crippen LogP contribution in [0.5, 0.6) is 0 Å². The molecule has 1 atom stereocenters. The molecule has 1 aromatic rings. The molecule has 78 valence electrons. The minimum atomic E-state index is -4.40. The molecule has 0 fully saturated rings. The van der Waals surface area contributed by atoms with E-state index in [1.807, 2.05) is 0 Å². The summed E-state index contributed by atoms with van der Waals surface area (Å²) in [6, 6.07) is 2.67. The number of aryl methyl sites for hydroxylation is 1. The van der Waals surface area contributed by atoms with Crippen LogP contribution in [0.25, 0.3) is 0 Å². The van der Waals surface area contributed by atoms with E-state index in [-0.39, 0.29) is 5.56 Å². The molecule has 14 heavy (non-hydrogen) atoms. The van der Waals surface area contributed by atoms with Crippen LogP contribution in [0.1, 0.15) is 17.2 Å². The molecule has 0 amide bonds. The maximum absolute atomic E-state index is 12.3. The van der Waals surface area contributed by atoms with E-state index >= 15 is 0 Å². The summed E-state index contributed by atoms with van der Waals surface area (Å²) in [5.41, 5.74) is 6.01. The van der Waals surface area contributed by atoms with Gasteiger partial charge in [-0.2, -0.15) is 13.2 Å². The van der Waals surface area contributed by atoms with Crippen LogP contribution >= 0.6 is 15.9 Å². The molecular formula is C9H9BrF3N. The number of hydrogen-bond acceptors (Lipinski definition) is 1. The molecule has 0 aliphatic rings. The molecule has 0 spiro atoms. The lowest BCUT2D eigenvalue weighted by molar-refractivity contribution is -0.149. The largest absolute Gasteiger partial charge is 0.407 e. The predicted octanol–water partition coefficient (Wildman–Crippen LogP) is 3.32. The third-order valence-electron chi connectivity index (χ3n) is 1.84. The predicted molar refractivity (Wildman–Crippen MR) is 51.9 cm³/mol. The van der Waals surface area contributed by atoms with Gasteiger partial charge in [0.1, 0.15) is 6.04 Å². The summed E-state index contributed by atoms with van der Waals surface area (Å²) in [4.78, 5) is 0.